The van der Waals surface area contributed by atoms with Gasteiger partial charge in [-0.15, -0.1) is 11.3 Å². The number of fused-ring (bicyclic) bond motifs is 3. The molecule has 2 N–H and O–H groups in total. The maximum absolute atomic E-state index is 13.6. The molecule has 1 aliphatic carbocycles. The molecular weight excluding hydrogens is 531 g/mol. The van der Waals surface area contributed by atoms with Crippen LogP contribution in [0.2, 0.25) is 10.0 Å². The molecule has 6 rings (SSSR count). The standard InChI is InChI=1S/C28H30Cl2N2O4S/c29-17-4-7-19-20-9-12-35-26(27(20)37-24(19)14-17)28(34)31-22(15-32-10-1-2-11-32)25(33)16-3-8-23(21(30)13-16)36-18-5-6-18/h3-4,7-8,13-14,18,22,25-26,33H,1-2,5-6,9-12,15H2,(H,31,34). The zero-order valence-electron chi connectivity index (χ0n) is 20.4. The molecule has 3 unspecified atom stereocenters. The van der Waals surface area contributed by atoms with Crippen LogP contribution >= 0.6 is 34.5 Å². The number of rotatable bonds is 8. The average Bonchev–Trinajstić information content (AvgIpc) is 3.41. The smallest absolute Gasteiger partial charge is 0.254 e. The minimum absolute atomic E-state index is 0.235. The predicted octanol–water partition coefficient (Wildman–Crippen LogP) is 5.68. The van der Waals surface area contributed by atoms with Crippen LogP contribution in [0.1, 0.15) is 53.9 Å². The highest BCUT2D eigenvalue weighted by Crippen LogP contribution is 2.41. The van der Waals surface area contributed by atoms with Gasteiger partial charge in [0.2, 0.25) is 0 Å². The van der Waals surface area contributed by atoms with E-state index < -0.39 is 18.2 Å². The van der Waals surface area contributed by atoms with Crippen LogP contribution in [0.5, 0.6) is 5.75 Å². The first kappa shape index (κ1) is 25.4. The Bertz CT molecular complexity index is 1300. The first-order chi connectivity index (χ1) is 18.0. The highest BCUT2D eigenvalue weighted by atomic mass is 35.5. The largest absolute Gasteiger partial charge is 0.489 e. The molecule has 2 fully saturated rings. The second kappa shape index (κ2) is 10.7. The molecule has 3 aromatic rings. The van der Waals surface area contributed by atoms with Gasteiger partial charge in [0.15, 0.2) is 6.10 Å². The summed E-state index contributed by atoms with van der Waals surface area (Å²) in [5.74, 6) is 0.398. The molecule has 2 aliphatic heterocycles. The van der Waals surface area contributed by atoms with Gasteiger partial charge in [0.05, 0.1) is 23.8 Å². The van der Waals surface area contributed by atoms with Crippen molar-refractivity contribution in [3.63, 3.8) is 0 Å². The first-order valence-corrected chi connectivity index (χ1v) is 14.5. The van der Waals surface area contributed by atoms with Gasteiger partial charge < -0.3 is 24.8 Å². The number of aliphatic hydroxyl groups excluding tert-OH is 1. The number of hydrogen-bond acceptors (Lipinski definition) is 6. The number of likely N-dealkylation sites (tertiary alicyclic amines) is 1. The molecule has 1 saturated carbocycles. The van der Waals surface area contributed by atoms with Gasteiger partial charge in [-0.25, -0.2) is 0 Å². The monoisotopic (exact) mass is 560 g/mol. The van der Waals surface area contributed by atoms with Crippen LogP contribution in [0.25, 0.3) is 10.1 Å². The van der Waals surface area contributed by atoms with Crippen molar-refractivity contribution in [2.45, 2.75) is 56.5 Å². The van der Waals surface area contributed by atoms with E-state index in [1.54, 1.807) is 17.4 Å². The van der Waals surface area contributed by atoms with Gasteiger partial charge >= 0.3 is 0 Å². The highest BCUT2D eigenvalue weighted by molar-refractivity contribution is 7.19. The molecule has 1 saturated heterocycles. The molecule has 2 aromatic carbocycles. The van der Waals surface area contributed by atoms with Crippen LogP contribution in [0.15, 0.2) is 36.4 Å². The van der Waals surface area contributed by atoms with E-state index in [0.29, 0.717) is 34.5 Å². The van der Waals surface area contributed by atoms with Gasteiger partial charge in [0, 0.05) is 21.1 Å². The summed E-state index contributed by atoms with van der Waals surface area (Å²) in [5, 5.41) is 16.9. The van der Waals surface area contributed by atoms with Crippen molar-refractivity contribution in [3.05, 3.63) is 62.4 Å². The number of ether oxygens (including phenoxy) is 2. The van der Waals surface area contributed by atoms with E-state index in [9.17, 15) is 9.90 Å². The third-order valence-corrected chi connectivity index (χ3v) is 9.15. The van der Waals surface area contributed by atoms with E-state index in [2.05, 4.69) is 10.2 Å². The number of aliphatic hydroxyl groups is 1. The van der Waals surface area contributed by atoms with Crippen LogP contribution in [0.3, 0.4) is 0 Å². The summed E-state index contributed by atoms with van der Waals surface area (Å²) in [6.45, 7) is 2.92. The fraction of sp³-hybridized carbons (Fsp3) is 0.464. The number of carbonyl (C=O) groups is 1. The SMILES string of the molecule is O=C(NC(CN1CCCC1)C(O)c1ccc(OC2CC2)c(Cl)c1)C1OCCc2c1sc1cc(Cl)ccc21. The molecule has 196 valence electrons. The number of carbonyl (C=O) groups excluding carboxylic acids is 1. The number of amides is 1. The Balaban J connectivity index is 1.24. The predicted molar refractivity (Wildman–Crippen MR) is 147 cm³/mol. The molecule has 1 amide bonds. The van der Waals surface area contributed by atoms with Crippen LogP contribution in [-0.2, 0) is 16.0 Å². The second-order valence-electron chi connectivity index (χ2n) is 10.2. The van der Waals surface area contributed by atoms with Gasteiger partial charge in [0.25, 0.3) is 5.91 Å². The molecule has 37 heavy (non-hydrogen) atoms. The highest BCUT2D eigenvalue weighted by Gasteiger charge is 2.35. The van der Waals surface area contributed by atoms with Crippen molar-refractivity contribution < 1.29 is 19.4 Å². The van der Waals surface area contributed by atoms with Gasteiger partial charge in [-0.2, -0.15) is 0 Å². The molecular formula is C28H30Cl2N2O4S. The second-order valence-corrected chi connectivity index (χ2v) is 12.1. The van der Waals surface area contributed by atoms with Crippen LogP contribution < -0.4 is 10.1 Å². The quantitative estimate of drug-likeness (QED) is 0.371. The van der Waals surface area contributed by atoms with Crippen molar-refractivity contribution >= 4 is 50.5 Å². The Kier molecular flexibility index (Phi) is 7.36. The lowest BCUT2D eigenvalue weighted by molar-refractivity contribution is -0.135. The third-order valence-electron chi connectivity index (χ3n) is 7.38. The number of nitrogens with zero attached hydrogens (tertiary/aromatic N) is 1. The topological polar surface area (TPSA) is 71.0 Å². The lowest BCUT2D eigenvalue weighted by Gasteiger charge is -2.31. The first-order valence-electron chi connectivity index (χ1n) is 13.0. The van der Waals surface area contributed by atoms with Gasteiger partial charge in [-0.3, -0.25) is 4.79 Å². The minimum Gasteiger partial charge on any atom is -0.489 e. The third kappa shape index (κ3) is 5.49. The maximum atomic E-state index is 13.6. The molecule has 0 spiro atoms. The minimum atomic E-state index is -0.929. The van der Waals surface area contributed by atoms with Crippen molar-refractivity contribution in [2.24, 2.45) is 0 Å². The lowest BCUT2D eigenvalue weighted by atomic mass is 9.99. The molecule has 0 bridgehead atoms. The number of hydrogen-bond donors (Lipinski definition) is 2. The molecule has 3 heterocycles. The van der Waals surface area contributed by atoms with Gasteiger partial charge in [0.1, 0.15) is 11.9 Å². The Hall–Kier alpha value is -1.87. The molecule has 6 nitrogen and oxygen atoms in total. The van der Waals surface area contributed by atoms with E-state index >= 15 is 0 Å². The van der Waals surface area contributed by atoms with Crippen LogP contribution in [0, 0.1) is 0 Å². The van der Waals surface area contributed by atoms with E-state index in [0.717, 1.165) is 65.7 Å². The summed E-state index contributed by atoms with van der Waals surface area (Å²) in [6, 6.07) is 10.7. The summed E-state index contributed by atoms with van der Waals surface area (Å²) < 4.78 is 12.9. The summed E-state index contributed by atoms with van der Waals surface area (Å²) in [6.07, 6.45) is 3.68. The maximum Gasteiger partial charge on any atom is 0.254 e. The normalized spacial score (nSPS) is 21.5. The van der Waals surface area contributed by atoms with E-state index in [4.69, 9.17) is 32.7 Å². The summed E-state index contributed by atoms with van der Waals surface area (Å²) in [5.41, 5.74) is 1.80. The molecule has 0 radical (unpaired) electrons. The Morgan fingerprint density at radius 1 is 1.19 bits per heavy atom. The average molecular weight is 562 g/mol. The van der Waals surface area contributed by atoms with Crippen molar-refractivity contribution in [1.29, 1.82) is 0 Å². The van der Waals surface area contributed by atoms with E-state index in [1.807, 2.05) is 30.3 Å². The Morgan fingerprint density at radius 3 is 2.76 bits per heavy atom. The van der Waals surface area contributed by atoms with Gasteiger partial charge in [-0.05, 0) is 86.0 Å². The zero-order valence-corrected chi connectivity index (χ0v) is 22.7. The van der Waals surface area contributed by atoms with Crippen molar-refractivity contribution in [3.8, 4) is 5.75 Å². The van der Waals surface area contributed by atoms with Gasteiger partial charge in [-0.1, -0.05) is 35.3 Å². The molecule has 9 heteroatoms. The molecule has 3 aliphatic rings. The number of thiophene rings is 1. The molecule has 1 aromatic heterocycles. The Labute approximate surface area is 230 Å². The zero-order chi connectivity index (χ0) is 25.5. The van der Waals surface area contributed by atoms with Crippen molar-refractivity contribution in [2.75, 3.05) is 26.2 Å². The van der Waals surface area contributed by atoms with Crippen molar-refractivity contribution in [1.82, 2.24) is 10.2 Å². The summed E-state index contributed by atoms with van der Waals surface area (Å²) in [7, 11) is 0. The van der Waals surface area contributed by atoms with Crippen LogP contribution in [0.4, 0.5) is 0 Å². The molecule has 3 atom stereocenters. The van der Waals surface area contributed by atoms with Crippen LogP contribution in [-0.4, -0.2) is 54.3 Å². The number of benzene rings is 2. The fourth-order valence-electron chi connectivity index (χ4n) is 5.28. The number of nitrogens with one attached hydrogen (secondary N) is 1. The summed E-state index contributed by atoms with van der Waals surface area (Å²) >= 11 is 14.3. The summed E-state index contributed by atoms with van der Waals surface area (Å²) in [4.78, 5) is 16.8. The Morgan fingerprint density at radius 2 is 2.00 bits per heavy atom. The van der Waals surface area contributed by atoms with E-state index in [1.165, 1.54) is 0 Å². The number of halogens is 2. The lowest BCUT2D eigenvalue weighted by Crippen LogP contribution is -2.48. The van der Waals surface area contributed by atoms with E-state index in [-0.39, 0.29) is 12.0 Å². The fourth-order valence-corrected chi connectivity index (χ4v) is 7.09.